The van der Waals surface area contributed by atoms with Crippen LogP contribution in [0.3, 0.4) is 0 Å². The highest BCUT2D eigenvalue weighted by atomic mass is 15.1. The van der Waals surface area contributed by atoms with E-state index in [0.717, 1.165) is 13.1 Å². The summed E-state index contributed by atoms with van der Waals surface area (Å²) in [6, 6.07) is 0. The van der Waals surface area contributed by atoms with E-state index in [0.29, 0.717) is 5.92 Å². The zero-order valence-corrected chi connectivity index (χ0v) is 7.78. The van der Waals surface area contributed by atoms with Crippen LogP contribution in [-0.4, -0.2) is 13.1 Å². The molecule has 0 saturated carbocycles. The molecule has 2 rings (SSSR count). The molecule has 0 aromatic heterocycles. The summed E-state index contributed by atoms with van der Waals surface area (Å²) in [6.07, 6.45) is 3.52. The molecule has 2 aliphatic heterocycles. The Morgan fingerprint density at radius 1 is 1.42 bits per heavy atom. The molecule has 2 N–H and O–H groups in total. The molecule has 0 bridgehead atoms. The second-order valence-electron chi connectivity index (χ2n) is 3.67. The maximum Gasteiger partial charge on any atom is 0.103 e. The quantitative estimate of drug-likeness (QED) is 0.565. The normalized spacial score (nSPS) is 28.5. The summed E-state index contributed by atoms with van der Waals surface area (Å²) in [5.41, 5.74) is 2.94. The Kier molecular flexibility index (Phi) is 1.83. The predicted molar refractivity (Wildman–Crippen MR) is 50.6 cm³/mol. The number of dihydropyridines is 1. The molecule has 2 heterocycles. The summed E-state index contributed by atoms with van der Waals surface area (Å²) in [5, 5.41) is 6.78. The molecule has 66 valence electrons. The van der Waals surface area contributed by atoms with Crippen molar-refractivity contribution in [2.24, 2.45) is 5.92 Å². The lowest BCUT2D eigenvalue weighted by Crippen LogP contribution is -2.37. The monoisotopic (exact) mass is 164 g/mol. The molecule has 2 heteroatoms. The highest BCUT2D eigenvalue weighted by Gasteiger charge is 2.21. The Hall–Kier alpha value is -0.920. The molecule has 2 nitrogen and oxygen atoms in total. The highest BCUT2D eigenvalue weighted by molar-refractivity contribution is 5.38. The van der Waals surface area contributed by atoms with Crippen LogP contribution in [0, 0.1) is 5.92 Å². The fraction of sp³-hybridized carbons (Fsp3) is 0.600. The lowest BCUT2D eigenvalue weighted by molar-refractivity contribution is 0.509. The summed E-state index contributed by atoms with van der Waals surface area (Å²) in [4.78, 5) is 0. The van der Waals surface area contributed by atoms with Crippen molar-refractivity contribution >= 4 is 0 Å². The molecule has 0 aliphatic carbocycles. The van der Waals surface area contributed by atoms with Gasteiger partial charge in [0, 0.05) is 13.1 Å². The van der Waals surface area contributed by atoms with Crippen LogP contribution in [0.2, 0.25) is 0 Å². The number of hydrogen-bond donors (Lipinski definition) is 2. The second-order valence-corrected chi connectivity index (χ2v) is 3.67. The van der Waals surface area contributed by atoms with Crippen LogP contribution in [0.15, 0.2) is 23.0 Å². The van der Waals surface area contributed by atoms with Gasteiger partial charge in [-0.2, -0.15) is 0 Å². The van der Waals surface area contributed by atoms with Gasteiger partial charge in [-0.25, -0.2) is 0 Å². The minimum absolute atomic E-state index is 0.713. The molecule has 2 aliphatic rings. The van der Waals surface area contributed by atoms with Crippen LogP contribution < -0.4 is 10.6 Å². The van der Waals surface area contributed by atoms with E-state index in [-0.39, 0.29) is 0 Å². The van der Waals surface area contributed by atoms with Crippen molar-refractivity contribution < 1.29 is 0 Å². The first-order valence-corrected chi connectivity index (χ1v) is 4.68. The third-order valence-corrected chi connectivity index (χ3v) is 2.75. The van der Waals surface area contributed by atoms with E-state index in [1.165, 1.54) is 23.4 Å². The van der Waals surface area contributed by atoms with Gasteiger partial charge in [0.2, 0.25) is 0 Å². The minimum Gasteiger partial charge on any atom is -0.372 e. The van der Waals surface area contributed by atoms with Crippen molar-refractivity contribution in [3.8, 4) is 0 Å². The van der Waals surface area contributed by atoms with Gasteiger partial charge in [-0.3, -0.25) is 0 Å². The van der Waals surface area contributed by atoms with Crippen LogP contribution in [0.5, 0.6) is 0 Å². The lowest BCUT2D eigenvalue weighted by Gasteiger charge is -2.31. The van der Waals surface area contributed by atoms with E-state index in [1.807, 2.05) is 0 Å². The Bertz CT molecular complexity index is 251. The predicted octanol–water partition coefficient (Wildman–Crippen LogP) is 1.38. The average molecular weight is 164 g/mol. The van der Waals surface area contributed by atoms with E-state index in [1.54, 1.807) is 0 Å². The SMILES string of the molecule is CC1=CCNC2=C1C(C)CCN2. The molecule has 0 aromatic rings. The third kappa shape index (κ3) is 1.11. The first kappa shape index (κ1) is 7.71. The molecule has 0 spiro atoms. The molecule has 1 atom stereocenters. The molecular formula is C10H16N2. The van der Waals surface area contributed by atoms with Crippen LogP contribution in [0.25, 0.3) is 0 Å². The number of nitrogens with one attached hydrogen (secondary N) is 2. The molecule has 0 amide bonds. The Morgan fingerprint density at radius 3 is 3.00 bits per heavy atom. The standard InChI is InChI=1S/C10H16N2/c1-7-3-5-11-10-9(7)8(2)4-6-12-10/h3,8,11-12H,4-6H2,1-2H3. The molecule has 0 radical (unpaired) electrons. The zero-order valence-electron chi connectivity index (χ0n) is 7.78. The van der Waals surface area contributed by atoms with Gasteiger partial charge in [-0.15, -0.1) is 0 Å². The number of hydrogen-bond acceptors (Lipinski definition) is 2. The van der Waals surface area contributed by atoms with E-state index in [2.05, 4.69) is 30.6 Å². The molecule has 0 fully saturated rings. The summed E-state index contributed by atoms with van der Waals surface area (Å²) in [5.74, 6) is 1.99. The van der Waals surface area contributed by atoms with E-state index in [9.17, 15) is 0 Å². The van der Waals surface area contributed by atoms with E-state index < -0.39 is 0 Å². The number of rotatable bonds is 0. The fourth-order valence-electron chi connectivity index (χ4n) is 2.06. The van der Waals surface area contributed by atoms with Gasteiger partial charge in [-0.1, -0.05) is 13.0 Å². The third-order valence-electron chi connectivity index (χ3n) is 2.75. The van der Waals surface area contributed by atoms with Crippen LogP contribution >= 0.6 is 0 Å². The van der Waals surface area contributed by atoms with Gasteiger partial charge in [0.05, 0.1) is 0 Å². The Labute approximate surface area is 73.7 Å². The Balaban J connectivity index is 2.35. The summed E-state index contributed by atoms with van der Waals surface area (Å²) in [6.45, 7) is 6.60. The lowest BCUT2D eigenvalue weighted by atomic mass is 9.88. The first-order valence-electron chi connectivity index (χ1n) is 4.68. The largest absolute Gasteiger partial charge is 0.372 e. The smallest absolute Gasteiger partial charge is 0.103 e. The molecule has 0 aromatic carbocycles. The zero-order chi connectivity index (χ0) is 8.55. The van der Waals surface area contributed by atoms with Gasteiger partial charge >= 0.3 is 0 Å². The molecular weight excluding hydrogens is 148 g/mol. The summed E-state index contributed by atoms with van der Waals surface area (Å²) in [7, 11) is 0. The van der Waals surface area contributed by atoms with Crippen LogP contribution in [-0.2, 0) is 0 Å². The molecule has 12 heavy (non-hydrogen) atoms. The van der Waals surface area contributed by atoms with Crippen molar-refractivity contribution in [2.75, 3.05) is 13.1 Å². The van der Waals surface area contributed by atoms with Crippen molar-refractivity contribution in [3.05, 3.63) is 23.0 Å². The second kappa shape index (κ2) is 2.85. The summed E-state index contributed by atoms with van der Waals surface area (Å²) >= 11 is 0. The number of allylic oxidation sites excluding steroid dienone is 2. The average Bonchev–Trinajstić information content (AvgIpc) is 2.04. The highest BCUT2D eigenvalue weighted by Crippen LogP contribution is 2.28. The summed E-state index contributed by atoms with van der Waals surface area (Å²) < 4.78 is 0. The maximum absolute atomic E-state index is 3.41. The molecule has 0 saturated heterocycles. The van der Waals surface area contributed by atoms with Gasteiger partial charge in [0.15, 0.2) is 0 Å². The van der Waals surface area contributed by atoms with Gasteiger partial charge < -0.3 is 10.6 Å². The first-order chi connectivity index (χ1) is 5.79. The van der Waals surface area contributed by atoms with Crippen molar-refractivity contribution in [3.63, 3.8) is 0 Å². The maximum atomic E-state index is 3.41. The van der Waals surface area contributed by atoms with Crippen LogP contribution in [0.1, 0.15) is 20.3 Å². The minimum atomic E-state index is 0.713. The van der Waals surface area contributed by atoms with Crippen molar-refractivity contribution in [1.82, 2.24) is 10.6 Å². The van der Waals surface area contributed by atoms with E-state index in [4.69, 9.17) is 0 Å². The van der Waals surface area contributed by atoms with E-state index >= 15 is 0 Å². The van der Waals surface area contributed by atoms with Gasteiger partial charge in [0.25, 0.3) is 0 Å². The van der Waals surface area contributed by atoms with Gasteiger partial charge in [-0.05, 0) is 30.4 Å². The topological polar surface area (TPSA) is 24.1 Å². The van der Waals surface area contributed by atoms with Gasteiger partial charge in [0.1, 0.15) is 5.82 Å². The van der Waals surface area contributed by atoms with Crippen LogP contribution in [0.4, 0.5) is 0 Å². The Morgan fingerprint density at radius 2 is 2.25 bits per heavy atom. The fourth-order valence-corrected chi connectivity index (χ4v) is 2.06. The van der Waals surface area contributed by atoms with Crippen molar-refractivity contribution in [1.29, 1.82) is 0 Å². The van der Waals surface area contributed by atoms with Crippen molar-refractivity contribution in [2.45, 2.75) is 20.3 Å². The molecule has 1 unspecified atom stereocenters.